The Bertz CT molecular complexity index is 729. The lowest BCUT2D eigenvalue weighted by molar-refractivity contribution is -0.124. The molecule has 2 aromatic rings. The monoisotopic (exact) mass is 298 g/mol. The van der Waals surface area contributed by atoms with Crippen molar-refractivity contribution in [3.63, 3.8) is 0 Å². The van der Waals surface area contributed by atoms with Crippen molar-refractivity contribution in [2.75, 3.05) is 12.3 Å². The van der Waals surface area contributed by atoms with Gasteiger partial charge in [0.15, 0.2) is 0 Å². The SMILES string of the molecule is Nc1cc(=O)[nH]c(CCNC(=O)C2Cc3ccccc3C2)n1. The van der Waals surface area contributed by atoms with E-state index in [4.69, 9.17) is 5.73 Å². The molecule has 6 nitrogen and oxygen atoms in total. The minimum atomic E-state index is -0.278. The van der Waals surface area contributed by atoms with Crippen LogP contribution in [-0.4, -0.2) is 22.4 Å². The molecule has 3 rings (SSSR count). The largest absolute Gasteiger partial charge is 0.383 e. The Morgan fingerprint density at radius 3 is 2.64 bits per heavy atom. The number of hydrogen-bond acceptors (Lipinski definition) is 4. The first-order valence-electron chi connectivity index (χ1n) is 7.32. The molecule has 0 radical (unpaired) electrons. The highest BCUT2D eigenvalue weighted by molar-refractivity contribution is 5.80. The highest BCUT2D eigenvalue weighted by atomic mass is 16.2. The van der Waals surface area contributed by atoms with Gasteiger partial charge in [0.05, 0.1) is 0 Å². The fourth-order valence-corrected chi connectivity index (χ4v) is 2.84. The van der Waals surface area contributed by atoms with Gasteiger partial charge in [0.2, 0.25) is 5.91 Å². The summed E-state index contributed by atoms with van der Waals surface area (Å²) in [6, 6.07) is 9.38. The Kier molecular flexibility index (Phi) is 3.91. The predicted molar refractivity (Wildman–Crippen MR) is 83.3 cm³/mol. The van der Waals surface area contributed by atoms with Crippen LogP contribution in [-0.2, 0) is 24.1 Å². The van der Waals surface area contributed by atoms with Crippen LogP contribution in [0.25, 0.3) is 0 Å². The maximum Gasteiger partial charge on any atom is 0.252 e. The molecule has 1 aliphatic rings. The van der Waals surface area contributed by atoms with E-state index in [2.05, 4.69) is 27.4 Å². The van der Waals surface area contributed by atoms with E-state index in [-0.39, 0.29) is 23.2 Å². The molecule has 0 saturated carbocycles. The maximum absolute atomic E-state index is 12.2. The summed E-state index contributed by atoms with van der Waals surface area (Å²) in [5.74, 6) is 0.712. The number of hydrogen-bond donors (Lipinski definition) is 3. The molecule has 114 valence electrons. The topological polar surface area (TPSA) is 101 Å². The molecule has 0 fully saturated rings. The van der Waals surface area contributed by atoms with Crippen molar-refractivity contribution in [2.24, 2.45) is 5.92 Å². The first-order chi connectivity index (χ1) is 10.6. The first kappa shape index (κ1) is 14.3. The molecule has 1 aliphatic carbocycles. The number of aromatic nitrogens is 2. The molecule has 0 saturated heterocycles. The zero-order chi connectivity index (χ0) is 15.5. The van der Waals surface area contributed by atoms with Crippen LogP contribution < -0.4 is 16.6 Å². The summed E-state index contributed by atoms with van der Waals surface area (Å²) >= 11 is 0. The molecule has 6 heteroatoms. The van der Waals surface area contributed by atoms with Gasteiger partial charge in [-0.05, 0) is 24.0 Å². The average molecular weight is 298 g/mol. The second-order valence-corrected chi connectivity index (χ2v) is 5.53. The Morgan fingerprint density at radius 2 is 2.00 bits per heavy atom. The van der Waals surface area contributed by atoms with Gasteiger partial charge in [-0.3, -0.25) is 9.59 Å². The average Bonchev–Trinajstić information content (AvgIpc) is 2.90. The van der Waals surface area contributed by atoms with Gasteiger partial charge in [-0.1, -0.05) is 24.3 Å². The molecule has 1 amide bonds. The summed E-state index contributed by atoms with van der Waals surface area (Å²) in [4.78, 5) is 30.1. The van der Waals surface area contributed by atoms with Gasteiger partial charge in [0.1, 0.15) is 11.6 Å². The van der Waals surface area contributed by atoms with Crippen LogP contribution in [0.5, 0.6) is 0 Å². The summed E-state index contributed by atoms with van der Waals surface area (Å²) in [5, 5.41) is 2.91. The summed E-state index contributed by atoms with van der Waals surface area (Å²) in [6.07, 6.45) is 2.02. The molecule has 4 N–H and O–H groups in total. The van der Waals surface area contributed by atoms with E-state index in [0.29, 0.717) is 18.8 Å². The number of nitrogens with zero attached hydrogens (tertiary/aromatic N) is 1. The summed E-state index contributed by atoms with van der Waals surface area (Å²) in [6.45, 7) is 0.429. The number of aromatic amines is 1. The maximum atomic E-state index is 12.2. The molecule has 0 bridgehead atoms. The molecule has 22 heavy (non-hydrogen) atoms. The van der Waals surface area contributed by atoms with E-state index in [0.717, 1.165) is 12.8 Å². The quantitative estimate of drug-likeness (QED) is 0.761. The molecule has 1 aromatic carbocycles. The lowest BCUT2D eigenvalue weighted by Gasteiger charge is -2.10. The van der Waals surface area contributed by atoms with Crippen molar-refractivity contribution < 1.29 is 4.79 Å². The number of carbonyl (C=O) groups is 1. The van der Waals surface area contributed by atoms with Gasteiger partial charge in [0, 0.05) is 24.9 Å². The van der Waals surface area contributed by atoms with Gasteiger partial charge in [0.25, 0.3) is 5.56 Å². The number of fused-ring (bicyclic) bond motifs is 1. The number of carbonyl (C=O) groups excluding carboxylic acids is 1. The van der Waals surface area contributed by atoms with Gasteiger partial charge in [-0.15, -0.1) is 0 Å². The van der Waals surface area contributed by atoms with E-state index in [1.165, 1.54) is 17.2 Å². The third kappa shape index (κ3) is 3.16. The number of amides is 1. The van der Waals surface area contributed by atoms with E-state index >= 15 is 0 Å². The standard InChI is InChI=1S/C16H18N4O2/c17-13-9-15(21)20-14(19-13)5-6-18-16(22)12-7-10-3-1-2-4-11(10)8-12/h1-4,9,12H,5-8H2,(H,18,22)(H3,17,19,20,21). The third-order valence-corrected chi connectivity index (χ3v) is 3.89. The summed E-state index contributed by atoms with van der Waals surface area (Å²) in [7, 11) is 0. The number of rotatable bonds is 4. The van der Waals surface area contributed by atoms with Gasteiger partial charge in [-0.25, -0.2) is 4.98 Å². The number of nitrogens with two attached hydrogens (primary N) is 1. The highest BCUT2D eigenvalue weighted by Gasteiger charge is 2.26. The van der Waals surface area contributed by atoms with Crippen LogP contribution in [0, 0.1) is 5.92 Å². The fourth-order valence-electron chi connectivity index (χ4n) is 2.84. The highest BCUT2D eigenvalue weighted by Crippen LogP contribution is 2.26. The zero-order valence-corrected chi connectivity index (χ0v) is 12.1. The molecular formula is C16H18N4O2. The van der Waals surface area contributed by atoms with Crippen LogP contribution >= 0.6 is 0 Å². The molecular weight excluding hydrogens is 280 g/mol. The Morgan fingerprint density at radius 1 is 1.32 bits per heavy atom. The second kappa shape index (κ2) is 6.01. The number of anilines is 1. The van der Waals surface area contributed by atoms with Crippen LogP contribution in [0.1, 0.15) is 17.0 Å². The van der Waals surface area contributed by atoms with E-state index in [9.17, 15) is 9.59 Å². The Balaban J connectivity index is 1.52. The zero-order valence-electron chi connectivity index (χ0n) is 12.1. The van der Waals surface area contributed by atoms with Crippen LogP contribution in [0.4, 0.5) is 5.82 Å². The smallest absolute Gasteiger partial charge is 0.252 e. The lowest BCUT2D eigenvalue weighted by Crippen LogP contribution is -2.33. The Hall–Kier alpha value is -2.63. The molecule has 1 heterocycles. The molecule has 0 aliphatic heterocycles. The minimum absolute atomic E-state index is 0.00903. The normalized spacial score (nSPS) is 13.8. The number of benzene rings is 1. The van der Waals surface area contributed by atoms with Crippen LogP contribution in [0.15, 0.2) is 35.1 Å². The van der Waals surface area contributed by atoms with Crippen molar-refractivity contribution in [3.8, 4) is 0 Å². The van der Waals surface area contributed by atoms with Gasteiger partial charge in [-0.2, -0.15) is 0 Å². The molecule has 0 atom stereocenters. The van der Waals surface area contributed by atoms with Crippen molar-refractivity contribution in [1.82, 2.24) is 15.3 Å². The Labute approximate surface area is 127 Å². The van der Waals surface area contributed by atoms with Crippen molar-refractivity contribution in [1.29, 1.82) is 0 Å². The van der Waals surface area contributed by atoms with Crippen molar-refractivity contribution >= 4 is 11.7 Å². The second-order valence-electron chi connectivity index (χ2n) is 5.53. The number of H-pyrrole nitrogens is 1. The molecule has 1 aromatic heterocycles. The molecule has 0 spiro atoms. The van der Waals surface area contributed by atoms with Crippen LogP contribution in [0.3, 0.4) is 0 Å². The van der Waals surface area contributed by atoms with E-state index < -0.39 is 0 Å². The fraction of sp³-hybridized carbons (Fsp3) is 0.312. The van der Waals surface area contributed by atoms with E-state index in [1.54, 1.807) is 0 Å². The third-order valence-electron chi connectivity index (χ3n) is 3.89. The van der Waals surface area contributed by atoms with Crippen molar-refractivity contribution in [3.05, 3.63) is 57.6 Å². The minimum Gasteiger partial charge on any atom is -0.383 e. The summed E-state index contributed by atoms with van der Waals surface area (Å²) in [5.41, 5.74) is 7.75. The molecule has 0 unspecified atom stereocenters. The number of nitrogen functional groups attached to an aromatic ring is 1. The summed E-state index contributed by atoms with van der Waals surface area (Å²) < 4.78 is 0. The van der Waals surface area contributed by atoms with Crippen molar-refractivity contribution in [2.45, 2.75) is 19.3 Å². The van der Waals surface area contributed by atoms with Crippen LogP contribution in [0.2, 0.25) is 0 Å². The van der Waals surface area contributed by atoms with Gasteiger partial charge >= 0.3 is 0 Å². The van der Waals surface area contributed by atoms with E-state index in [1.807, 2.05) is 12.1 Å². The number of nitrogens with one attached hydrogen (secondary N) is 2. The lowest BCUT2D eigenvalue weighted by atomic mass is 10.1. The van der Waals surface area contributed by atoms with Gasteiger partial charge < -0.3 is 16.0 Å². The first-order valence-corrected chi connectivity index (χ1v) is 7.32. The predicted octanol–water partition coefficient (Wildman–Crippen LogP) is 0.426.